The van der Waals surface area contributed by atoms with Gasteiger partial charge in [-0.1, -0.05) is 30.7 Å². The second-order valence-electron chi connectivity index (χ2n) is 8.53. The molecule has 12 heteroatoms. The Hall–Kier alpha value is -4.51. The Morgan fingerprint density at radius 3 is 2.50 bits per heavy atom. The lowest BCUT2D eigenvalue weighted by Crippen LogP contribution is -2.42. The van der Waals surface area contributed by atoms with Gasteiger partial charge in [-0.3, -0.25) is 18.7 Å². The highest BCUT2D eigenvalue weighted by Crippen LogP contribution is 2.25. The maximum Gasteiger partial charge on any atom is 0.332 e. The van der Waals surface area contributed by atoms with Crippen molar-refractivity contribution in [2.24, 2.45) is 5.92 Å². The molecule has 0 spiro atoms. The number of nitrogens with one attached hydrogen (secondary N) is 1. The number of aliphatic carboxylic acids is 1. The van der Waals surface area contributed by atoms with Crippen molar-refractivity contribution >= 4 is 29.2 Å². The lowest BCUT2D eigenvalue weighted by molar-refractivity contribution is -0.141. The molecule has 0 saturated heterocycles. The van der Waals surface area contributed by atoms with E-state index >= 15 is 0 Å². The maximum atomic E-state index is 13.4. The summed E-state index contributed by atoms with van der Waals surface area (Å²) in [6.07, 6.45) is 1.04. The number of hydrogen-bond donors (Lipinski definition) is 2. The molecule has 0 unspecified atom stereocenters. The van der Waals surface area contributed by atoms with E-state index in [1.54, 1.807) is 43.3 Å². The van der Waals surface area contributed by atoms with Gasteiger partial charge in [0.05, 0.1) is 24.4 Å². The summed E-state index contributed by atoms with van der Waals surface area (Å²) in [5, 5.41) is 12.8. The van der Waals surface area contributed by atoms with Gasteiger partial charge in [0.1, 0.15) is 17.5 Å². The molecule has 38 heavy (non-hydrogen) atoms. The van der Waals surface area contributed by atoms with Gasteiger partial charge in [0.25, 0.3) is 5.56 Å². The van der Waals surface area contributed by atoms with E-state index in [0.717, 1.165) is 16.3 Å². The van der Waals surface area contributed by atoms with Crippen molar-refractivity contribution in [3.63, 3.8) is 0 Å². The molecule has 1 aromatic carbocycles. The number of hydrogen-bond acceptors (Lipinski definition) is 7. The molecule has 3 heterocycles. The van der Waals surface area contributed by atoms with Crippen molar-refractivity contribution in [3.05, 3.63) is 104 Å². The monoisotopic (exact) mass is 539 g/mol. The summed E-state index contributed by atoms with van der Waals surface area (Å²) in [5.74, 6) is -1.51. The standard InChI is InChI=1S/C26H23ClFN5O5/c1-15(25(35)36)13-33-24(34)11-22(32(26(33)37)14-17-3-5-18(27)6-4-17)31-21-9-8-20(16(2)30-21)38-23-10-7-19(28)12-29-23/h3-12,15H,13-14H2,1-2H3,(H,30,31)(H,35,36)/t15-/m0/s1. The van der Waals surface area contributed by atoms with Crippen molar-refractivity contribution < 1.29 is 19.0 Å². The van der Waals surface area contributed by atoms with Crippen LogP contribution in [0.25, 0.3) is 0 Å². The fourth-order valence-corrected chi connectivity index (χ4v) is 3.68. The third-order valence-electron chi connectivity index (χ3n) is 5.62. The summed E-state index contributed by atoms with van der Waals surface area (Å²) >= 11 is 5.98. The Labute approximate surface area is 221 Å². The van der Waals surface area contributed by atoms with Gasteiger partial charge in [0, 0.05) is 23.7 Å². The minimum Gasteiger partial charge on any atom is -0.481 e. The largest absolute Gasteiger partial charge is 0.481 e. The summed E-state index contributed by atoms with van der Waals surface area (Å²) in [6, 6.07) is 13.9. The number of rotatable bonds is 9. The summed E-state index contributed by atoms with van der Waals surface area (Å²) in [6.45, 7) is 2.91. The molecule has 0 fully saturated rings. The van der Waals surface area contributed by atoms with Crippen LogP contribution in [0, 0.1) is 18.7 Å². The second kappa shape index (κ2) is 11.3. The van der Waals surface area contributed by atoms with Crippen LogP contribution in [0.1, 0.15) is 18.2 Å². The van der Waals surface area contributed by atoms with Gasteiger partial charge in [-0.2, -0.15) is 0 Å². The van der Waals surface area contributed by atoms with Crippen LogP contribution in [0.4, 0.5) is 16.0 Å². The number of carboxylic acids is 1. The molecular formula is C26H23ClFN5O5. The van der Waals surface area contributed by atoms with Crippen molar-refractivity contribution in [1.29, 1.82) is 0 Å². The van der Waals surface area contributed by atoms with Crippen LogP contribution in [-0.2, 0) is 17.9 Å². The number of ether oxygens (including phenoxy) is 1. The minimum atomic E-state index is -1.12. The van der Waals surface area contributed by atoms with Crippen molar-refractivity contribution in [1.82, 2.24) is 19.1 Å². The van der Waals surface area contributed by atoms with Crippen LogP contribution in [0.5, 0.6) is 11.6 Å². The van der Waals surface area contributed by atoms with Crippen molar-refractivity contribution in [3.8, 4) is 11.6 Å². The second-order valence-corrected chi connectivity index (χ2v) is 8.97. The number of carbonyl (C=O) groups is 1. The molecule has 0 aliphatic rings. The van der Waals surface area contributed by atoms with Gasteiger partial charge >= 0.3 is 11.7 Å². The topological polar surface area (TPSA) is 128 Å². The minimum absolute atomic E-state index is 0.0798. The van der Waals surface area contributed by atoms with Crippen LogP contribution < -0.4 is 21.3 Å². The Morgan fingerprint density at radius 1 is 1.13 bits per heavy atom. The molecule has 196 valence electrons. The normalized spacial score (nSPS) is 11.7. The molecule has 0 aliphatic carbocycles. The van der Waals surface area contributed by atoms with E-state index in [1.165, 1.54) is 29.7 Å². The van der Waals surface area contributed by atoms with E-state index in [4.69, 9.17) is 16.3 Å². The van der Waals surface area contributed by atoms with E-state index in [9.17, 15) is 23.9 Å². The van der Waals surface area contributed by atoms with Gasteiger partial charge in [0.2, 0.25) is 5.88 Å². The Kier molecular flexibility index (Phi) is 7.87. The number of aryl methyl sites for hydroxylation is 1. The van der Waals surface area contributed by atoms with Crippen LogP contribution in [0.3, 0.4) is 0 Å². The molecule has 0 aliphatic heterocycles. The molecule has 0 amide bonds. The zero-order chi connectivity index (χ0) is 27.4. The number of halogens is 2. The molecule has 4 rings (SSSR count). The SMILES string of the molecule is Cc1nc(Nc2cc(=O)n(C[C@H](C)C(=O)O)c(=O)n2Cc2ccc(Cl)cc2)ccc1Oc1ccc(F)cn1. The third-order valence-corrected chi connectivity index (χ3v) is 5.87. The van der Waals surface area contributed by atoms with Gasteiger partial charge in [-0.05, 0) is 42.8 Å². The molecule has 1 atom stereocenters. The zero-order valence-corrected chi connectivity index (χ0v) is 21.1. The third kappa shape index (κ3) is 6.24. The Bertz CT molecular complexity index is 1590. The highest BCUT2D eigenvalue weighted by atomic mass is 35.5. The fraction of sp³-hybridized carbons (Fsp3) is 0.192. The van der Waals surface area contributed by atoms with E-state index in [1.807, 2.05) is 0 Å². The van der Waals surface area contributed by atoms with Crippen molar-refractivity contribution in [2.45, 2.75) is 26.9 Å². The molecule has 2 N–H and O–H groups in total. The number of carboxylic acid groups (broad SMARTS) is 1. The smallest absolute Gasteiger partial charge is 0.332 e. The molecule has 0 saturated carbocycles. The summed E-state index contributed by atoms with van der Waals surface area (Å²) in [7, 11) is 0. The van der Waals surface area contributed by atoms with Crippen molar-refractivity contribution in [2.75, 3.05) is 5.32 Å². The van der Waals surface area contributed by atoms with Gasteiger partial charge in [0.15, 0.2) is 5.75 Å². The first kappa shape index (κ1) is 26.6. The first-order valence-electron chi connectivity index (χ1n) is 11.5. The number of nitrogens with zero attached hydrogens (tertiary/aromatic N) is 4. The molecule has 4 aromatic rings. The van der Waals surface area contributed by atoms with Gasteiger partial charge in [-0.25, -0.2) is 19.2 Å². The molecule has 0 bridgehead atoms. The maximum absolute atomic E-state index is 13.4. The average molecular weight is 540 g/mol. The van der Waals surface area contributed by atoms with Gasteiger partial charge in [-0.15, -0.1) is 0 Å². The number of aromatic nitrogens is 4. The molecule has 10 nitrogen and oxygen atoms in total. The van der Waals surface area contributed by atoms with E-state index in [0.29, 0.717) is 22.3 Å². The number of benzene rings is 1. The summed E-state index contributed by atoms with van der Waals surface area (Å²) in [5.41, 5.74) is -0.133. The molecule has 3 aromatic heterocycles. The number of pyridine rings is 2. The Morgan fingerprint density at radius 2 is 1.87 bits per heavy atom. The first-order valence-corrected chi connectivity index (χ1v) is 11.8. The first-order chi connectivity index (χ1) is 18.1. The highest BCUT2D eigenvalue weighted by Gasteiger charge is 2.18. The van der Waals surface area contributed by atoms with Crippen LogP contribution in [-0.4, -0.2) is 30.2 Å². The lowest BCUT2D eigenvalue weighted by atomic mass is 10.2. The van der Waals surface area contributed by atoms with E-state index in [2.05, 4.69) is 15.3 Å². The molecular weight excluding hydrogens is 517 g/mol. The van der Waals surface area contributed by atoms with Gasteiger partial charge < -0.3 is 15.2 Å². The predicted octanol–water partition coefficient (Wildman–Crippen LogP) is 4.21. The van der Waals surface area contributed by atoms with Crippen LogP contribution >= 0.6 is 11.6 Å². The molecule has 0 radical (unpaired) electrons. The number of anilines is 2. The predicted molar refractivity (Wildman–Crippen MR) is 139 cm³/mol. The van der Waals surface area contributed by atoms with E-state index < -0.39 is 29.0 Å². The Balaban J connectivity index is 1.68. The van der Waals surface area contributed by atoms with Crippen LogP contribution in [0.2, 0.25) is 5.02 Å². The zero-order valence-electron chi connectivity index (χ0n) is 20.4. The highest BCUT2D eigenvalue weighted by molar-refractivity contribution is 6.30. The van der Waals surface area contributed by atoms with Crippen LogP contribution in [0.15, 0.2) is 70.4 Å². The summed E-state index contributed by atoms with van der Waals surface area (Å²) < 4.78 is 21.0. The lowest BCUT2D eigenvalue weighted by Gasteiger charge is -2.18. The van der Waals surface area contributed by atoms with E-state index in [-0.39, 0.29) is 24.8 Å². The average Bonchev–Trinajstić information content (AvgIpc) is 2.88. The summed E-state index contributed by atoms with van der Waals surface area (Å²) in [4.78, 5) is 45.8. The fourth-order valence-electron chi connectivity index (χ4n) is 3.56. The quantitative estimate of drug-likeness (QED) is 0.324.